The number of hydrogen-bond donors (Lipinski definition) is 3. The van der Waals surface area contributed by atoms with E-state index in [2.05, 4.69) is 5.32 Å². The number of primary amides is 2. The van der Waals surface area contributed by atoms with Gasteiger partial charge in [0, 0.05) is 12.2 Å². The summed E-state index contributed by atoms with van der Waals surface area (Å²) in [6, 6.07) is 7.40. The number of rotatable bonds is 5. The molecular weight excluding hydrogens is 260 g/mol. The van der Waals surface area contributed by atoms with Gasteiger partial charge in [-0.15, -0.1) is 0 Å². The molecule has 0 bridgehead atoms. The van der Waals surface area contributed by atoms with Crippen molar-refractivity contribution >= 4 is 23.4 Å². The number of para-hydroxylation sites is 1. The lowest BCUT2D eigenvalue weighted by Crippen LogP contribution is -2.45. The van der Waals surface area contributed by atoms with Crippen LogP contribution in [0.3, 0.4) is 0 Å². The summed E-state index contributed by atoms with van der Waals surface area (Å²) in [6.07, 6.45) is 0. The first-order valence-electron chi connectivity index (χ1n) is 6.17. The van der Waals surface area contributed by atoms with E-state index in [4.69, 9.17) is 11.5 Å². The van der Waals surface area contributed by atoms with Crippen molar-refractivity contribution in [3.63, 3.8) is 0 Å². The lowest BCUT2D eigenvalue weighted by Gasteiger charge is -2.23. The van der Waals surface area contributed by atoms with E-state index in [1.165, 1.54) is 0 Å². The molecule has 0 fully saturated rings. The van der Waals surface area contributed by atoms with Crippen LogP contribution < -0.4 is 16.8 Å². The lowest BCUT2D eigenvalue weighted by molar-refractivity contribution is -0.138. The fraction of sp³-hybridized carbons (Fsp3) is 0.308. The molecule has 0 aliphatic carbocycles. The third-order valence-electron chi connectivity index (χ3n) is 3.14. The van der Waals surface area contributed by atoms with Gasteiger partial charge in [-0.1, -0.05) is 18.2 Å². The zero-order chi connectivity index (χ0) is 14.7. The maximum Gasteiger partial charge on any atom is 0.237 e. The molecule has 7 nitrogen and oxygen atoms in total. The van der Waals surface area contributed by atoms with Crippen molar-refractivity contribution in [3.8, 4) is 0 Å². The van der Waals surface area contributed by atoms with E-state index in [-0.39, 0.29) is 19.0 Å². The molecule has 5 N–H and O–H groups in total. The zero-order valence-corrected chi connectivity index (χ0v) is 10.8. The Morgan fingerprint density at radius 3 is 2.35 bits per heavy atom. The average molecular weight is 276 g/mol. The number of carbonyl (C=O) groups excluding carboxylic acids is 3. The van der Waals surface area contributed by atoms with Crippen LogP contribution in [0.15, 0.2) is 24.3 Å². The number of benzene rings is 1. The van der Waals surface area contributed by atoms with Crippen LogP contribution >= 0.6 is 0 Å². The minimum absolute atomic E-state index is 0.319. The van der Waals surface area contributed by atoms with Crippen molar-refractivity contribution in [2.45, 2.75) is 5.92 Å². The predicted octanol–water partition coefficient (Wildman–Crippen LogP) is -1.01. The average Bonchev–Trinajstić information content (AvgIpc) is 2.79. The fourth-order valence-electron chi connectivity index (χ4n) is 2.31. The third kappa shape index (κ3) is 2.87. The van der Waals surface area contributed by atoms with Crippen molar-refractivity contribution in [2.24, 2.45) is 11.5 Å². The number of fused-ring (bicyclic) bond motifs is 1. The van der Waals surface area contributed by atoms with Crippen LogP contribution in [0.5, 0.6) is 0 Å². The van der Waals surface area contributed by atoms with E-state index < -0.39 is 17.7 Å². The predicted molar refractivity (Wildman–Crippen MR) is 72.6 cm³/mol. The summed E-state index contributed by atoms with van der Waals surface area (Å²) in [6.45, 7) is -0.215. The Hall–Kier alpha value is -2.57. The highest BCUT2D eigenvalue weighted by Gasteiger charge is 2.32. The Balaban J connectivity index is 2.20. The zero-order valence-electron chi connectivity index (χ0n) is 10.8. The van der Waals surface area contributed by atoms with E-state index >= 15 is 0 Å². The van der Waals surface area contributed by atoms with Crippen LogP contribution in [-0.2, 0) is 14.4 Å². The molecule has 0 saturated carbocycles. The minimum Gasteiger partial charge on any atom is -0.384 e. The number of nitrogens with two attached hydrogens (primary N) is 2. The van der Waals surface area contributed by atoms with Gasteiger partial charge >= 0.3 is 0 Å². The van der Waals surface area contributed by atoms with Crippen LogP contribution in [0.2, 0.25) is 0 Å². The van der Waals surface area contributed by atoms with Crippen molar-refractivity contribution in [1.82, 2.24) is 4.90 Å². The van der Waals surface area contributed by atoms with Gasteiger partial charge in [0.2, 0.25) is 17.7 Å². The fourth-order valence-corrected chi connectivity index (χ4v) is 2.31. The van der Waals surface area contributed by atoms with Gasteiger partial charge in [-0.3, -0.25) is 14.4 Å². The van der Waals surface area contributed by atoms with Crippen LogP contribution in [0.1, 0.15) is 11.5 Å². The lowest BCUT2D eigenvalue weighted by atomic mass is 10.00. The van der Waals surface area contributed by atoms with Crippen molar-refractivity contribution in [3.05, 3.63) is 29.8 Å². The van der Waals surface area contributed by atoms with Crippen molar-refractivity contribution in [2.75, 3.05) is 25.0 Å². The largest absolute Gasteiger partial charge is 0.384 e. The number of amides is 3. The van der Waals surface area contributed by atoms with E-state index in [0.29, 0.717) is 6.54 Å². The summed E-state index contributed by atoms with van der Waals surface area (Å²) >= 11 is 0. The standard InChI is InChI=1S/C13H16N4O3/c14-11(18)6-17(7-12(15)19)13(20)9-5-16-10-4-2-1-3-8(9)10/h1-4,9,16H,5-7H2,(H2,14,18)(H2,15,19). The third-order valence-corrected chi connectivity index (χ3v) is 3.14. The van der Waals surface area contributed by atoms with Gasteiger partial charge < -0.3 is 21.7 Å². The van der Waals surface area contributed by atoms with Gasteiger partial charge in [-0.05, 0) is 11.6 Å². The van der Waals surface area contributed by atoms with Crippen LogP contribution in [0.25, 0.3) is 0 Å². The molecule has 1 aliphatic heterocycles. The molecule has 1 unspecified atom stereocenters. The molecule has 7 heteroatoms. The summed E-state index contributed by atoms with van der Waals surface area (Å²) in [5.74, 6) is -2.14. The maximum atomic E-state index is 12.4. The molecule has 0 radical (unpaired) electrons. The molecule has 1 heterocycles. The number of carbonyl (C=O) groups is 3. The summed E-state index contributed by atoms with van der Waals surface area (Å²) in [4.78, 5) is 35.6. The highest BCUT2D eigenvalue weighted by atomic mass is 16.2. The topological polar surface area (TPSA) is 119 Å². The van der Waals surface area contributed by atoms with Crippen LogP contribution in [0, 0.1) is 0 Å². The van der Waals surface area contributed by atoms with Gasteiger partial charge in [-0.25, -0.2) is 0 Å². The minimum atomic E-state index is -0.682. The van der Waals surface area contributed by atoms with E-state index in [1.54, 1.807) is 0 Å². The van der Waals surface area contributed by atoms with E-state index in [0.717, 1.165) is 16.2 Å². The Bertz CT molecular complexity index is 542. The second kappa shape index (κ2) is 5.60. The molecule has 0 saturated heterocycles. The van der Waals surface area contributed by atoms with Gasteiger partial charge in [-0.2, -0.15) is 0 Å². The Morgan fingerprint density at radius 1 is 1.15 bits per heavy atom. The number of hydrogen-bond acceptors (Lipinski definition) is 4. The molecule has 0 aromatic heterocycles. The van der Waals surface area contributed by atoms with E-state index in [1.807, 2.05) is 24.3 Å². The number of anilines is 1. The SMILES string of the molecule is NC(=O)CN(CC(N)=O)C(=O)C1CNc2ccccc21. The summed E-state index contributed by atoms with van der Waals surface area (Å²) < 4.78 is 0. The van der Waals surface area contributed by atoms with Crippen molar-refractivity contribution < 1.29 is 14.4 Å². The second-order valence-corrected chi connectivity index (χ2v) is 4.65. The van der Waals surface area contributed by atoms with E-state index in [9.17, 15) is 14.4 Å². The first kappa shape index (κ1) is 13.9. The van der Waals surface area contributed by atoms with Crippen molar-refractivity contribution in [1.29, 1.82) is 0 Å². The van der Waals surface area contributed by atoms with Crippen LogP contribution in [-0.4, -0.2) is 42.3 Å². The normalized spacial score (nSPS) is 16.1. The summed E-state index contributed by atoms with van der Waals surface area (Å²) in [5, 5.41) is 3.11. The van der Waals surface area contributed by atoms with Gasteiger partial charge in [0.1, 0.15) is 0 Å². The highest BCUT2D eigenvalue weighted by Crippen LogP contribution is 2.32. The molecule has 106 valence electrons. The number of nitrogens with one attached hydrogen (secondary N) is 1. The monoisotopic (exact) mass is 276 g/mol. The molecule has 1 aromatic rings. The molecule has 20 heavy (non-hydrogen) atoms. The summed E-state index contributed by atoms with van der Waals surface area (Å²) in [5.41, 5.74) is 11.9. The highest BCUT2D eigenvalue weighted by molar-refractivity contribution is 5.93. The Kier molecular flexibility index (Phi) is 3.88. The Labute approximate surface area is 115 Å². The maximum absolute atomic E-state index is 12.4. The van der Waals surface area contributed by atoms with Crippen LogP contribution in [0.4, 0.5) is 5.69 Å². The first-order chi connectivity index (χ1) is 9.49. The molecule has 3 amide bonds. The van der Waals surface area contributed by atoms with Gasteiger partial charge in [0.25, 0.3) is 0 Å². The molecule has 1 aromatic carbocycles. The molecular formula is C13H16N4O3. The summed E-state index contributed by atoms with van der Waals surface area (Å²) in [7, 11) is 0. The molecule has 1 atom stereocenters. The smallest absolute Gasteiger partial charge is 0.237 e. The molecule has 0 spiro atoms. The number of nitrogens with zero attached hydrogens (tertiary/aromatic N) is 1. The van der Waals surface area contributed by atoms with Gasteiger partial charge in [0.15, 0.2) is 0 Å². The van der Waals surface area contributed by atoms with Gasteiger partial charge in [0.05, 0.1) is 19.0 Å². The first-order valence-corrected chi connectivity index (χ1v) is 6.17. The second-order valence-electron chi connectivity index (χ2n) is 4.65. The molecule has 2 rings (SSSR count). The quantitative estimate of drug-likeness (QED) is 0.638. The Morgan fingerprint density at radius 2 is 1.75 bits per heavy atom. The molecule has 1 aliphatic rings.